The lowest BCUT2D eigenvalue weighted by Crippen LogP contribution is -2.37. The van der Waals surface area contributed by atoms with Crippen LogP contribution in [0.25, 0.3) is 22.0 Å². The van der Waals surface area contributed by atoms with E-state index in [0.717, 1.165) is 56.7 Å². The van der Waals surface area contributed by atoms with Crippen LogP contribution in [0.15, 0.2) is 39.8 Å². The Morgan fingerprint density at radius 2 is 1.96 bits per heavy atom. The van der Waals surface area contributed by atoms with E-state index < -0.39 is 0 Å². The number of nitrogens with zero attached hydrogens (tertiary/aromatic N) is 3. The van der Waals surface area contributed by atoms with E-state index in [-0.39, 0.29) is 5.63 Å². The van der Waals surface area contributed by atoms with Crippen molar-refractivity contribution in [2.75, 3.05) is 32.8 Å². The molecule has 0 aliphatic carbocycles. The molecule has 1 fully saturated rings. The largest absolute Gasteiger partial charge is 0.421 e. The molecule has 23 heavy (non-hydrogen) atoms. The van der Waals surface area contributed by atoms with E-state index in [1.54, 1.807) is 12.4 Å². The molecule has 0 spiro atoms. The minimum absolute atomic E-state index is 0.317. The van der Waals surface area contributed by atoms with Crippen LogP contribution in [0, 0.1) is 0 Å². The van der Waals surface area contributed by atoms with Crippen molar-refractivity contribution in [1.82, 2.24) is 14.5 Å². The first-order chi connectivity index (χ1) is 11.3. The van der Waals surface area contributed by atoms with Gasteiger partial charge in [-0.15, -0.1) is 0 Å². The number of benzene rings is 1. The van der Waals surface area contributed by atoms with Crippen LogP contribution in [-0.4, -0.2) is 47.3 Å². The number of hydrogen-bond acceptors (Lipinski definition) is 5. The number of hydrogen-bond donors (Lipinski definition) is 0. The van der Waals surface area contributed by atoms with Crippen molar-refractivity contribution in [3.8, 4) is 0 Å². The van der Waals surface area contributed by atoms with E-state index in [2.05, 4.69) is 9.88 Å². The van der Waals surface area contributed by atoms with Crippen molar-refractivity contribution in [3.63, 3.8) is 0 Å². The topological polar surface area (TPSA) is 60.5 Å². The van der Waals surface area contributed by atoms with Crippen molar-refractivity contribution in [1.29, 1.82) is 0 Å². The molecule has 1 aromatic carbocycles. The van der Waals surface area contributed by atoms with E-state index in [0.29, 0.717) is 11.1 Å². The second kappa shape index (κ2) is 6.14. The third-order valence-electron chi connectivity index (χ3n) is 4.35. The zero-order chi connectivity index (χ0) is 15.6. The monoisotopic (exact) mass is 313 g/mol. The number of imidazole rings is 1. The molecule has 0 unspecified atom stereocenters. The molecular weight excluding hydrogens is 294 g/mol. The van der Waals surface area contributed by atoms with Gasteiger partial charge >= 0.3 is 5.63 Å². The molecular formula is C17H19N3O3. The van der Waals surface area contributed by atoms with Gasteiger partial charge in [0.25, 0.3) is 0 Å². The Hall–Kier alpha value is -2.18. The number of aromatic nitrogens is 2. The van der Waals surface area contributed by atoms with Crippen LogP contribution >= 0.6 is 0 Å². The van der Waals surface area contributed by atoms with Gasteiger partial charge in [-0.3, -0.25) is 4.90 Å². The van der Waals surface area contributed by atoms with Crippen molar-refractivity contribution in [2.45, 2.75) is 13.0 Å². The summed E-state index contributed by atoms with van der Waals surface area (Å²) in [5, 5.41) is 0.883. The summed E-state index contributed by atoms with van der Waals surface area (Å²) in [6, 6.07) is 7.52. The van der Waals surface area contributed by atoms with E-state index in [1.165, 1.54) is 0 Å². The van der Waals surface area contributed by atoms with Gasteiger partial charge in [0, 0.05) is 31.6 Å². The first-order valence-electron chi connectivity index (χ1n) is 8.00. The van der Waals surface area contributed by atoms with Crippen molar-refractivity contribution >= 4 is 22.0 Å². The maximum atomic E-state index is 12.3. The average Bonchev–Trinajstić information content (AvgIpc) is 3.01. The van der Waals surface area contributed by atoms with Gasteiger partial charge in [0.2, 0.25) is 0 Å². The van der Waals surface area contributed by atoms with Gasteiger partial charge in [-0.05, 0) is 18.6 Å². The molecule has 1 aliphatic heterocycles. The SMILES string of the molecule is O=c1oc2ccccc2c2ncn(CCCN3CCOCC3)c12. The summed E-state index contributed by atoms with van der Waals surface area (Å²) >= 11 is 0. The Bertz CT molecular complexity index is 878. The Balaban J connectivity index is 1.58. The van der Waals surface area contributed by atoms with Crippen LogP contribution in [-0.2, 0) is 11.3 Å². The molecule has 3 heterocycles. The Labute approximate surface area is 133 Å². The fraction of sp³-hybridized carbons (Fsp3) is 0.412. The third kappa shape index (κ3) is 2.75. The molecule has 1 aliphatic rings. The molecule has 6 nitrogen and oxygen atoms in total. The smallest absolute Gasteiger partial charge is 0.362 e. The summed E-state index contributed by atoms with van der Waals surface area (Å²) < 4.78 is 12.7. The van der Waals surface area contributed by atoms with Gasteiger partial charge in [0.15, 0.2) is 5.52 Å². The van der Waals surface area contributed by atoms with Crippen LogP contribution in [0.1, 0.15) is 6.42 Å². The van der Waals surface area contributed by atoms with Gasteiger partial charge in [-0.1, -0.05) is 12.1 Å². The highest BCUT2D eigenvalue weighted by Crippen LogP contribution is 2.21. The minimum atomic E-state index is -0.317. The zero-order valence-corrected chi connectivity index (χ0v) is 12.9. The molecule has 0 N–H and O–H groups in total. The van der Waals surface area contributed by atoms with Crippen LogP contribution < -0.4 is 5.63 Å². The number of ether oxygens (including phenoxy) is 1. The molecule has 0 bridgehead atoms. The van der Waals surface area contributed by atoms with Crippen molar-refractivity contribution in [2.24, 2.45) is 0 Å². The van der Waals surface area contributed by atoms with E-state index in [1.807, 2.05) is 22.8 Å². The summed E-state index contributed by atoms with van der Waals surface area (Å²) in [5.41, 5.74) is 1.56. The third-order valence-corrected chi connectivity index (χ3v) is 4.35. The maximum Gasteiger partial charge on any atom is 0.362 e. The number of rotatable bonds is 4. The minimum Gasteiger partial charge on any atom is -0.421 e. The quantitative estimate of drug-likeness (QED) is 0.688. The molecule has 0 atom stereocenters. The summed E-state index contributed by atoms with van der Waals surface area (Å²) in [6.07, 6.45) is 2.71. The highest BCUT2D eigenvalue weighted by atomic mass is 16.5. The normalized spacial score (nSPS) is 16.3. The molecule has 1 saturated heterocycles. The van der Waals surface area contributed by atoms with Gasteiger partial charge in [-0.2, -0.15) is 0 Å². The standard InChI is InChI=1S/C17H19N3O3/c21-17-16-15(13-4-1-2-5-14(13)23-17)18-12-20(16)7-3-6-19-8-10-22-11-9-19/h1-2,4-5,12H,3,6-11H2. The van der Waals surface area contributed by atoms with E-state index in [9.17, 15) is 4.79 Å². The first kappa shape index (κ1) is 14.4. The number of aryl methyl sites for hydroxylation is 1. The van der Waals surface area contributed by atoms with Crippen LogP contribution in [0.3, 0.4) is 0 Å². The summed E-state index contributed by atoms with van der Waals surface area (Å²) in [4.78, 5) is 19.1. The maximum absolute atomic E-state index is 12.3. The van der Waals surface area contributed by atoms with Gasteiger partial charge in [0.1, 0.15) is 11.1 Å². The molecule has 0 amide bonds. The van der Waals surface area contributed by atoms with Crippen LogP contribution in [0.4, 0.5) is 0 Å². The first-order valence-corrected chi connectivity index (χ1v) is 8.00. The van der Waals surface area contributed by atoms with E-state index in [4.69, 9.17) is 9.15 Å². The molecule has 4 rings (SSSR count). The van der Waals surface area contributed by atoms with Gasteiger partial charge in [-0.25, -0.2) is 9.78 Å². The zero-order valence-electron chi connectivity index (χ0n) is 12.9. The number of para-hydroxylation sites is 1. The fourth-order valence-corrected chi connectivity index (χ4v) is 3.15. The Morgan fingerprint density at radius 1 is 1.13 bits per heavy atom. The molecule has 3 aromatic rings. The highest BCUT2D eigenvalue weighted by molar-refractivity contribution is 6.00. The highest BCUT2D eigenvalue weighted by Gasteiger charge is 2.14. The lowest BCUT2D eigenvalue weighted by atomic mass is 10.2. The summed E-state index contributed by atoms with van der Waals surface area (Å²) in [6.45, 7) is 5.35. The summed E-state index contributed by atoms with van der Waals surface area (Å²) in [5.74, 6) is 0. The lowest BCUT2D eigenvalue weighted by Gasteiger charge is -2.26. The molecule has 120 valence electrons. The Morgan fingerprint density at radius 3 is 2.83 bits per heavy atom. The Kier molecular flexibility index (Phi) is 3.85. The predicted octanol–water partition coefficient (Wildman–Crippen LogP) is 1.86. The summed E-state index contributed by atoms with van der Waals surface area (Å²) in [7, 11) is 0. The number of fused-ring (bicyclic) bond motifs is 3. The molecule has 6 heteroatoms. The molecule has 0 saturated carbocycles. The van der Waals surface area contributed by atoms with Gasteiger partial charge in [0.05, 0.1) is 19.5 Å². The van der Waals surface area contributed by atoms with Crippen LogP contribution in [0.2, 0.25) is 0 Å². The lowest BCUT2D eigenvalue weighted by molar-refractivity contribution is 0.0369. The van der Waals surface area contributed by atoms with E-state index >= 15 is 0 Å². The van der Waals surface area contributed by atoms with Gasteiger partial charge < -0.3 is 13.7 Å². The number of morpholine rings is 1. The molecule has 0 radical (unpaired) electrons. The predicted molar refractivity (Wildman–Crippen MR) is 87.7 cm³/mol. The van der Waals surface area contributed by atoms with Crippen molar-refractivity contribution < 1.29 is 9.15 Å². The fourth-order valence-electron chi connectivity index (χ4n) is 3.15. The van der Waals surface area contributed by atoms with Crippen molar-refractivity contribution in [3.05, 3.63) is 41.0 Å². The second-order valence-electron chi connectivity index (χ2n) is 5.83. The molecule has 2 aromatic heterocycles. The van der Waals surface area contributed by atoms with Crippen LogP contribution in [0.5, 0.6) is 0 Å². The second-order valence-corrected chi connectivity index (χ2v) is 5.83. The average molecular weight is 313 g/mol.